The molecule has 3 unspecified atom stereocenters. The molecule has 3 aliphatic rings. The van der Waals surface area contributed by atoms with Crippen LogP contribution in [0.15, 0.2) is 41.4 Å². The number of fused-ring (bicyclic) bond motifs is 3. The van der Waals surface area contributed by atoms with Crippen LogP contribution in [0.1, 0.15) is 52.2 Å². The molecule has 0 radical (unpaired) electrons. The van der Waals surface area contributed by atoms with Crippen molar-refractivity contribution in [3.63, 3.8) is 0 Å². The number of carbonyl (C=O) groups is 2. The van der Waals surface area contributed by atoms with Crippen LogP contribution in [0.4, 0.5) is 4.79 Å². The number of aliphatic hydroxyl groups excluding tert-OH is 1. The van der Waals surface area contributed by atoms with Gasteiger partial charge in [0.15, 0.2) is 11.5 Å². The third-order valence-corrected chi connectivity index (χ3v) is 7.29. The van der Waals surface area contributed by atoms with Crippen molar-refractivity contribution in [3.05, 3.63) is 58.7 Å². The first-order valence-corrected chi connectivity index (χ1v) is 12.5. The number of ether oxygens (including phenoxy) is 3. The largest absolute Gasteiger partial charge is 0.493 e. The van der Waals surface area contributed by atoms with Crippen molar-refractivity contribution in [2.45, 2.75) is 37.3 Å². The number of aliphatic hydroxyl groups is 1. The number of benzene rings is 2. The van der Waals surface area contributed by atoms with E-state index in [2.05, 4.69) is 10.9 Å². The van der Waals surface area contributed by atoms with E-state index in [1.54, 1.807) is 31.3 Å². The van der Waals surface area contributed by atoms with Gasteiger partial charge in [0.05, 0.1) is 45.3 Å². The second kappa shape index (κ2) is 10.8. The van der Waals surface area contributed by atoms with Gasteiger partial charge in [-0.15, -0.1) is 0 Å². The van der Waals surface area contributed by atoms with Crippen LogP contribution in [0, 0.1) is 0 Å². The second-order valence-corrected chi connectivity index (χ2v) is 9.47. The molecule has 1 saturated carbocycles. The average Bonchev–Trinajstić information content (AvgIpc) is 2.95. The van der Waals surface area contributed by atoms with Crippen molar-refractivity contribution in [1.29, 1.82) is 0 Å². The highest BCUT2D eigenvalue weighted by molar-refractivity contribution is 6.15. The lowest BCUT2D eigenvalue weighted by Crippen LogP contribution is -2.52. The minimum absolute atomic E-state index is 0.0578. The number of hydrogen-bond donors (Lipinski definition) is 3. The summed E-state index contributed by atoms with van der Waals surface area (Å²) in [6.45, 7) is 1.93. The molecule has 1 saturated heterocycles. The highest BCUT2D eigenvalue weighted by Crippen LogP contribution is 2.44. The van der Waals surface area contributed by atoms with Gasteiger partial charge in [-0.3, -0.25) is 15.2 Å². The van der Waals surface area contributed by atoms with Crippen LogP contribution in [0.25, 0.3) is 0 Å². The molecule has 2 heterocycles. The van der Waals surface area contributed by atoms with Crippen LogP contribution in [0.2, 0.25) is 0 Å². The lowest BCUT2D eigenvalue weighted by molar-refractivity contribution is 0.0519. The predicted molar refractivity (Wildman–Crippen MR) is 136 cm³/mol. The van der Waals surface area contributed by atoms with Gasteiger partial charge in [-0.1, -0.05) is 12.1 Å². The van der Waals surface area contributed by atoms with E-state index < -0.39 is 5.91 Å². The zero-order chi connectivity index (χ0) is 25.9. The zero-order valence-electron chi connectivity index (χ0n) is 21.0. The third kappa shape index (κ3) is 5.12. The first kappa shape index (κ1) is 25.0. The Morgan fingerprint density at radius 2 is 1.73 bits per heavy atom. The number of rotatable bonds is 4. The highest BCUT2D eigenvalue weighted by atomic mass is 16.5. The van der Waals surface area contributed by atoms with Gasteiger partial charge < -0.3 is 24.2 Å². The van der Waals surface area contributed by atoms with E-state index >= 15 is 0 Å². The fourth-order valence-electron chi connectivity index (χ4n) is 5.30. The van der Waals surface area contributed by atoms with E-state index in [9.17, 15) is 14.7 Å². The number of hydrogen-bond acceptors (Lipinski definition) is 7. The number of urea groups is 1. The molecule has 37 heavy (non-hydrogen) atoms. The molecular formula is C27H32N4O6. The van der Waals surface area contributed by atoms with E-state index in [0.29, 0.717) is 49.8 Å². The van der Waals surface area contributed by atoms with Crippen LogP contribution in [-0.4, -0.2) is 80.3 Å². The summed E-state index contributed by atoms with van der Waals surface area (Å²) in [7, 11) is 3.21. The summed E-state index contributed by atoms with van der Waals surface area (Å²) < 4.78 is 16.4. The van der Waals surface area contributed by atoms with E-state index in [1.807, 2.05) is 24.3 Å². The number of amides is 3. The molecule has 0 aromatic heterocycles. The second-order valence-electron chi connectivity index (χ2n) is 9.47. The number of nitrogens with zero attached hydrogens (tertiary/aromatic N) is 2. The number of aliphatic imine (C=N–C) groups is 1. The standard InChI is InChI=1S/C27H32N4O6/c1-35-23-14-19-20-13-18(32)7-8-22(20)28-25(21(19)15-24(23)36-2)16-3-5-17(6-4-16)26(33)29-30-27(34)31-9-11-37-12-10-31/h3-6,14-15,18,20,22,32H,7-13H2,1-2H3,(H,29,33)(H,30,34). The summed E-state index contributed by atoms with van der Waals surface area (Å²) >= 11 is 0. The third-order valence-electron chi connectivity index (χ3n) is 7.29. The van der Waals surface area contributed by atoms with Crippen LogP contribution < -0.4 is 20.3 Å². The lowest BCUT2D eigenvalue weighted by Gasteiger charge is -2.37. The lowest BCUT2D eigenvalue weighted by atomic mass is 9.74. The topological polar surface area (TPSA) is 122 Å². The Balaban J connectivity index is 1.37. The zero-order valence-corrected chi connectivity index (χ0v) is 21.0. The molecule has 0 spiro atoms. The first-order valence-electron chi connectivity index (χ1n) is 12.5. The van der Waals surface area contributed by atoms with Gasteiger partial charge in [0.1, 0.15) is 0 Å². The molecule has 196 valence electrons. The number of carbonyl (C=O) groups excluding carboxylic acids is 2. The van der Waals surface area contributed by atoms with E-state index in [-0.39, 0.29) is 24.1 Å². The fourth-order valence-corrected chi connectivity index (χ4v) is 5.30. The smallest absolute Gasteiger partial charge is 0.336 e. The Morgan fingerprint density at radius 1 is 1.03 bits per heavy atom. The molecule has 10 heteroatoms. The molecule has 3 atom stereocenters. The molecule has 2 aromatic carbocycles. The maximum absolute atomic E-state index is 12.6. The molecule has 3 N–H and O–H groups in total. The molecule has 10 nitrogen and oxygen atoms in total. The summed E-state index contributed by atoms with van der Waals surface area (Å²) in [4.78, 5) is 31.6. The van der Waals surface area contributed by atoms with Gasteiger partial charge >= 0.3 is 6.03 Å². The summed E-state index contributed by atoms with van der Waals surface area (Å²) in [5, 5.41) is 10.3. The Morgan fingerprint density at radius 3 is 2.43 bits per heavy atom. The number of hydrazine groups is 1. The van der Waals surface area contributed by atoms with Gasteiger partial charge in [-0.05, 0) is 49.1 Å². The summed E-state index contributed by atoms with van der Waals surface area (Å²) in [5.74, 6) is 0.942. The van der Waals surface area contributed by atoms with Crippen molar-refractivity contribution >= 4 is 17.6 Å². The molecule has 2 fully saturated rings. The molecule has 2 aliphatic heterocycles. The van der Waals surface area contributed by atoms with Crippen LogP contribution in [0.3, 0.4) is 0 Å². The summed E-state index contributed by atoms with van der Waals surface area (Å²) in [6, 6.07) is 10.8. The average molecular weight is 509 g/mol. The number of morpholine rings is 1. The molecule has 1 aliphatic carbocycles. The summed E-state index contributed by atoms with van der Waals surface area (Å²) in [6.07, 6.45) is 1.82. The molecule has 0 bridgehead atoms. The van der Waals surface area contributed by atoms with Crippen LogP contribution >= 0.6 is 0 Å². The van der Waals surface area contributed by atoms with Gasteiger partial charge in [0, 0.05) is 35.7 Å². The monoisotopic (exact) mass is 508 g/mol. The van der Waals surface area contributed by atoms with Gasteiger partial charge in [-0.25, -0.2) is 10.2 Å². The van der Waals surface area contributed by atoms with Crippen LogP contribution in [-0.2, 0) is 4.74 Å². The quantitative estimate of drug-likeness (QED) is 0.545. The molecular weight excluding hydrogens is 476 g/mol. The normalized spacial score (nSPS) is 22.7. The predicted octanol–water partition coefficient (Wildman–Crippen LogP) is 2.24. The van der Waals surface area contributed by atoms with Crippen molar-refractivity contribution in [2.24, 2.45) is 4.99 Å². The minimum atomic E-state index is -0.410. The van der Waals surface area contributed by atoms with Crippen molar-refractivity contribution < 1.29 is 28.9 Å². The fraction of sp³-hybridized carbons (Fsp3) is 0.444. The van der Waals surface area contributed by atoms with Crippen molar-refractivity contribution in [1.82, 2.24) is 15.8 Å². The molecule has 5 rings (SSSR count). The Bertz CT molecular complexity index is 1190. The Hall–Kier alpha value is -3.63. The van der Waals surface area contributed by atoms with Gasteiger partial charge in [0.25, 0.3) is 5.91 Å². The van der Waals surface area contributed by atoms with Gasteiger partial charge in [0.2, 0.25) is 0 Å². The van der Waals surface area contributed by atoms with Gasteiger partial charge in [-0.2, -0.15) is 0 Å². The number of methoxy groups -OCH3 is 2. The maximum Gasteiger partial charge on any atom is 0.336 e. The Kier molecular flexibility index (Phi) is 7.29. The van der Waals surface area contributed by atoms with E-state index in [4.69, 9.17) is 19.2 Å². The maximum atomic E-state index is 12.6. The van der Waals surface area contributed by atoms with Crippen molar-refractivity contribution in [3.8, 4) is 11.5 Å². The van der Waals surface area contributed by atoms with Crippen molar-refractivity contribution in [2.75, 3.05) is 40.5 Å². The molecule has 3 amide bonds. The minimum Gasteiger partial charge on any atom is -0.493 e. The molecule has 2 aromatic rings. The van der Waals surface area contributed by atoms with E-state index in [0.717, 1.165) is 35.2 Å². The SMILES string of the molecule is COc1cc2c(cc1OC)C1CC(O)CCC1N=C2c1ccc(C(=O)NNC(=O)N2CCOCC2)cc1. The Labute approximate surface area is 215 Å². The number of nitrogens with one attached hydrogen (secondary N) is 2. The first-order chi connectivity index (χ1) is 18.0. The van der Waals surface area contributed by atoms with Crippen LogP contribution in [0.5, 0.6) is 11.5 Å². The van der Waals surface area contributed by atoms with E-state index in [1.165, 1.54) is 0 Å². The highest BCUT2D eigenvalue weighted by Gasteiger charge is 2.37. The summed E-state index contributed by atoms with van der Waals surface area (Å²) in [5.41, 5.74) is 9.05.